The van der Waals surface area contributed by atoms with Crippen LogP contribution in [0.15, 0.2) is 58.5 Å². The second-order valence-electron chi connectivity index (χ2n) is 7.88. The van der Waals surface area contributed by atoms with Crippen molar-refractivity contribution in [3.63, 3.8) is 0 Å². The first kappa shape index (κ1) is 25.8. The Morgan fingerprint density at radius 1 is 1.27 bits per heavy atom. The summed E-state index contributed by atoms with van der Waals surface area (Å²) >= 11 is 1.09. The molecule has 0 aliphatic rings. The quantitative estimate of drug-likeness (QED) is 0.138. The van der Waals surface area contributed by atoms with E-state index in [1.807, 2.05) is 0 Å². The number of anilines is 2. The number of rotatable bonds is 9. The number of aliphatic imine (C=N–C) groups is 1. The van der Waals surface area contributed by atoms with Crippen molar-refractivity contribution in [2.24, 2.45) is 10.7 Å². The first-order valence-electron chi connectivity index (χ1n) is 11.1. The highest BCUT2D eigenvalue weighted by Gasteiger charge is 2.27. The molecular weight excluding hydrogens is 500 g/mol. The van der Waals surface area contributed by atoms with Gasteiger partial charge in [-0.15, -0.1) is 5.92 Å². The van der Waals surface area contributed by atoms with Crippen LogP contribution in [0.5, 0.6) is 5.88 Å². The van der Waals surface area contributed by atoms with Gasteiger partial charge < -0.3 is 20.2 Å². The van der Waals surface area contributed by atoms with Crippen LogP contribution in [0.4, 0.5) is 20.3 Å². The molecule has 3 heterocycles. The molecule has 0 radical (unpaired) electrons. The first-order valence-corrected chi connectivity index (χ1v) is 11.9. The Hall–Kier alpha value is -4.24. The molecule has 3 N–H and O–H groups in total. The topological polar surface area (TPSA) is 124 Å². The van der Waals surface area contributed by atoms with Gasteiger partial charge in [0.1, 0.15) is 17.6 Å². The molecule has 37 heavy (non-hydrogen) atoms. The van der Waals surface area contributed by atoms with Gasteiger partial charge in [-0.3, -0.25) is 0 Å². The average molecular weight is 524 g/mol. The number of thioether (sulfide) groups is 1. The summed E-state index contributed by atoms with van der Waals surface area (Å²) in [5, 5.41) is 3.23. The number of halogens is 2. The summed E-state index contributed by atoms with van der Waals surface area (Å²) in [5.74, 6) is 6.62. The van der Waals surface area contributed by atoms with Crippen LogP contribution in [0.1, 0.15) is 25.3 Å². The molecular formula is C25H23F2N7O2S. The number of fused-ring (bicyclic) bond motifs is 1. The number of pyridine rings is 1. The van der Waals surface area contributed by atoms with E-state index in [0.29, 0.717) is 39.9 Å². The van der Waals surface area contributed by atoms with E-state index in [2.05, 4.69) is 42.1 Å². The summed E-state index contributed by atoms with van der Waals surface area (Å²) in [7, 11) is 0. The van der Waals surface area contributed by atoms with Crippen molar-refractivity contribution in [2.45, 2.75) is 31.6 Å². The zero-order chi connectivity index (χ0) is 26.3. The predicted molar refractivity (Wildman–Crippen MR) is 139 cm³/mol. The Bertz CT molecular complexity index is 1470. The maximum atomic E-state index is 14.8. The van der Waals surface area contributed by atoms with Crippen molar-refractivity contribution >= 4 is 39.5 Å². The van der Waals surface area contributed by atoms with Crippen molar-refractivity contribution in [1.82, 2.24) is 19.9 Å². The minimum atomic E-state index is -0.933. The van der Waals surface area contributed by atoms with Gasteiger partial charge >= 0.3 is 0 Å². The minimum absolute atomic E-state index is 0.0461. The second-order valence-corrected chi connectivity index (χ2v) is 9.41. The largest absolute Gasteiger partial charge is 0.467 e. The molecule has 4 aromatic rings. The number of oxazole rings is 1. The Morgan fingerprint density at radius 2 is 2.14 bits per heavy atom. The van der Waals surface area contributed by atoms with Crippen LogP contribution in [0.25, 0.3) is 11.0 Å². The fourth-order valence-corrected chi connectivity index (χ4v) is 4.49. The highest BCUT2D eigenvalue weighted by molar-refractivity contribution is 8.15. The molecule has 9 nitrogen and oxygen atoms in total. The van der Waals surface area contributed by atoms with E-state index in [1.54, 1.807) is 38.2 Å². The van der Waals surface area contributed by atoms with Gasteiger partial charge in [-0.05, 0) is 43.7 Å². The van der Waals surface area contributed by atoms with Gasteiger partial charge in [0.2, 0.25) is 11.8 Å². The maximum absolute atomic E-state index is 14.8. The third kappa shape index (κ3) is 6.71. The van der Waals surface area contributed by atoms with E-state index in [9.17, 15) is 8.78 Å². The monoisotopic (exact) mass is 523 g/mol. The molecule has 0 bridgehead atoms. The van der Waals surface area contributed by atoms with Crippen LogP contribution in [-0.2, 0) is 13.0 Å². The third-order valence-corrected chi connectivity index (χ3v) is 6.07. The van der Waals surface area contributed by atoms with Gasteiger partial charge in [0, 0.05) is 18.3 Å². The number of nitrogens with one attached hydrogen (secondary N) is 1. The lowest BCUT2D eigenvalue weighted by molar-refractivity contribution is 0.253. The van der Waals surface area contributed by atoms with Crippen molar-refractivity contribution < 1.29 is 17.9 Å². The number of aromatic nitrogens is 4. The molecule has 1 aromatic carbocycles. The summed E-state index contributed by atoms with van der Waals surface area (Å²) in [6, 6.07) is 6.31. The fraction of sp³-hybridized carbons (Fsp3) is 0.240. The second kappa shape index (κ2) is 11.7. The number of amidine groups is 1. The summed E-state index contributed by atoms with van der Waals surface area (Å²) in [4.78, 5) is 20.8. The van der Waals surface area contributed by atoms with E-state index in [-0.39, 0.29) is 18.2 Å². The van der Waals surface area contributed by atoms with Crippen LogP contribution in [0, 0.1) is 17.7 Å². The number of nitrogens with two attached hydrogens (primary N) is 1. The van der Waals surface area contributed by atoms with Crippen molar-refractivity contribution in [1.29, 1.82) is 0 Å². The molecule has 0 aliphatic carbocycles. The van der Waals surface area contributed by atoms with Crippen molar-refractivity contribution in [3.8, 4) is 17.7 Å². The van der Waals surface area contributed by atoms with Gasteiger partial charge in [0.25, 0.3) is 0 Å². The summed E-state index contributed by atoms with van der Waals surface area (Å²) in [5.41, 5.74) is 7.83. The highest BCUT2D eigenvalue weighted by atomic mass is 32.2. The number of ether oxygens (including phenoxy) is 1. The maximum Gasteiger partial charge on any atom is 0.233 e. The average Bonchev–Trinajstić information content (AvgIpc) is 3.39. The van der Waals surface area contributed by atoms with Gasteiger partial charge in [-0.1, -0.05) is 17.7 Å². The van der Waals surface area contributed by atoms with E-state index in [4.69, 9.17) is 14.9 Å². The lowest BCUT2D eigenvalue weighted by atomic mass is 9.99. The predicted octanol–water partition coefficient (Wildman–Crippen LogP) is 4.77. The van der Waals surface area contributed by atoms with Gasteiger partial charge in [0.05, 0.1) is 22.7 Å². The summed E-state index contributed by atoms with van der Waals surface area (Å²) in [6.45, 7) is 2.66. The van der Waals surface area contributed by atoms with Gasteiger partial charge in [-0.25, -0.2) is 33.7 Å². The minimum Gasteiger partial charge on any atom is -0.467 e. The van der Waals surface area contributed by atoms with Crippen molar-refractivity contribution in [3.05, 3.63) is 66.4 Å². The van der Waals surface area contributed by atoms with Crippen molar-refractivity contribution in [2.75, 3.05) is 12.1 Å². The number of hydrogen-bond donors (Lipinski definition) is 2. The van der Waals surface area contributed by atoms with E-state index >= 15 is 0 Å². The molecule has 3 aromatic heterocycles. The first-order chi connectivity index (χ1) is 17.9. The van der Waals surface area contributed by atoms with Crippen LogP contribution >= 0.6 is 11.8 Å². The molecule has 4 rings (SSSR count). The van der Waals surface area contributed by atoms with Crippen LogP contribution in [0.2, 0.25) is 0 Å². The normalized spacial score (nSPS) is 13.0. The highest BCUT2D eigenvalue weighted by Crippen LogP contribution is 2.32. The number of alkyl halides is 1. The Morgan fingerprint density at radius 3 is 2.89 bits per heavy atom. The van der Waals surface area contributed by atoms with Crippen LogP contribution < -0.4 is 15.8 Å². The molecule has 0 aliphatic heterocycles. The molecule has 190 valence electrons. The molecule has 0 unspecified atom stereocenters. The molecule has 0 saturated carbocycles. The molecule has 1 atom stereocenters. The fourth-order valence-electron chi connectivity index (χ4n) is 3.53. The molecule has 0 spiro atoms. The molecule has 0 amide bonds. The van der Waals surface area contributed by atoms with Crippen LogP contribution in [-0.4, -0.2) is 36.6 Å². The SMILES string of the molecule is CC#C[C@@](C)(Cc1cc(Nc2nccc3nc(OCc4ncco4)cnc23)ccc1F)S/C(N)=N\CF. The molecule has 12 heteroatoms. The number of hydrogen-bond acceptors (Lipinski definition) is 9. The molecule has 0 saturated heterocycles. The van der Waals surface area contributed by atoms with Gasteiger partial charge in [-0.2, -0.15) is 0 Å². The Kier molecular flexibility index (Phi) is 8.15. The Balaban J connectivity index is 1.55. The van der Waals surface area contributed by atoms with E-state index in [0.717, 1.165) is 11.8 Å². The number of nitrogens with zero attached hydrogens (tertiary/aromatic N) is 5. The van der Waals surface area contributed by atoms with E-state index in [1.165, 1.54) is 24.7 Å². The lowest BCUT2D eigenvalue weighted by Crippen LogP contribution is -2.27. The molecule has 0 fully saturated rings. The van der Waals surface area contributed by atoms with E-state index < -0.39 is 17.4 Å². The lowest BCUT2D eigenvalue weighted by Gasteiger charge is -2.23. The zero-order valence-corrected chi connectivity index (χ0v) is 20.9. The third-order valence-electron chi connectivity index (χ3n) is 5.04. The summed E-state index contributed by atoms with van der Waals surface area (Å²) in [6.07, 6.45) is 6.25. The standard InChI is InChI=1S/C25H23F2N7O2S/c1-3-7-25(2,37-24(28)32-15-26)12-16-11-17(4-5-18(16)27)33-23-22-19(6-8-30-23)34-20(13-31-22)36-14-21-29-9-10-35-21/h4-6,8-11,13H,12,14-15H2,1-2H3,(H2,28,32)(H,30,33)/t25-/m0/s1. The zero-order valence-electron chi connectivity index (χ0n) is 20.0. The van der Waals surface area contributed by atoms with Gasteiger partial charge in [0.15, 0.2) is 24.4 Å². The summed E-state index contributed by atoms with van der Waals surface area (Å²) < 4.78 is 37.3. The smallest absolute Gasteiger partial charge is 0.233 e. The van der Waals surface area contributed by atoms with Crippen LogP contribution in [0.3, 0.4) is 0 Å². The number of benzene rings is 1. The Labute approximate surface area is 216 Å².